The Bertz CT molecular complexity index is 751. The molecule has 0 aromatic heterocycles. The first kappa shape index (κ1) is 15.2. The lowest BCUT2D eigenvalue weighted by Crippen LogP contribution is -2.08. The van der Waals surface area contributed by atoms with Crippen LogP contribution >= 0.6 is 0 Å². The van der Waals surface area contributed by atoms with Crippen molar-refractivity contribution in [1.82, 2.24) is 0 Å². The molecule has 0 aliphatic carbocycles. The molecule has 0 saturated heterocycles. The van der Waals surface area contributed by atoms with E-state index in [1.165, 1.54) is 43.5 Å². The van der Waals surface area contributed by atoms with Gasteiger partial charge in [0.2, 0.25) is 5.90 Å². The van der Waals surface area contributed by atoms with Gasteiger partial charge in [-0.2, -0.15) is 8.42 Å². The number of aryl methyl sites for hydroxylation is 1. The predicted molar refractivity (Wildman–Crippen MR) is 78.3 cm³/mol. The lowest BCUT2D eigenvalue weighted by molar-refractivity contribution is 0.405. The predicted octanol–water partition coefficient (Wildman–Crippen LogP) is 2.92. The summed E-state index contributed by atoms with van der Waals surface area (Å²) in [6.45, 7) is 1.86. The van der Waals surface area contributed by atoms with E-state index in [1.54, 1.807) is 12.1 Å². The summed E-state index contributed by atoms with van der Waals surface area (Å²) in [5.74, 6) is -0.508. The lowest BCUT2D eigenvalue weighted by atomic mass is 10.2. The van der Waals surface area contributed by atoms with E-state index in [1.807, 2.05) is 6.92 Å². The Morgan fingerprint density at radius 2 is 1.62 bits per heavy atom. The monoisotopic (exact) mass is 307 g/mol. The molecule has 110 valence electrons. The molecule has 0 aliphatic heterocycles. The van der Waals surface area contributed by atoms with E-state index in [4.69, 9.17) is 4.74 Å². The maximum atomic E-state index is 12.9. The summed E-state index contributed by atoms with van der Waals surface area (Å²) in [5.41, 5.74) is 1.33. The van der Waals surface area contributed by atoms with Crippen LogP contribution in [0.2, 0.25) is 0 Å². The van der Waals surface area contributed by atoms with E-state index in [0.29, 0.717) is 5.56 Å². The van der Waals surface area contributed by atoms with Crippen molar-refractivity contribution in [2.75, 3.05) is 7.11 Å². The third kappa shape index (κ3) is 3.66. The zero-order valence-corrected chi connectivity index (χ0v) is 12.4. The molecule has 0 N–H and O–H groups in total. The number of sulfonamides is 1. The fourth-order valence-electron chi connectivity index (χ4n) is 1.67. The maximum Gasteiger partial charge on any atom is 0.285 e. The van der Waals surface area contributed by atoms with Crippen LogP contribution in [0.4, 0.5) is 4.39 Å². The number of methoxy groups -OCH3 is 1. The summed E-state index contributed by atoms with van der Waals surface area (Å²) < 4.78 is 46.0. The van der Waals surface area contributed by atoms with E-state index in [9.17, 15) is 12.8 Å². The Labute approximate surface area is 123 Å². The van der Waals surface area contributed by atoms with Crippen LogP contribution < -0.4 is 0 Å². The molecule has 0 fully saturated rings. The molecule has 0 bridgehead atoms. The van der Waals surface area contributed by atoms with E-state index in [2.05, 4.69) is 4.40 Å². The third-order valence-corrected chi connectivity index (χ3v) is 4.08. The van der Waals surface area contributed by atoms with Crippen LogP contribution in [0.5, 0.6) is 0 Å². The highest BCUT2D eigenvalue weighted by Crippen LogP contribution is 2.15. The molecule has 0 spiro atoms. The highest BCUT2D eigenvalue weighted by Gasteiger charge is 2.15. The van der Waals surface area contributed by atoms with Gasteiger partial charge >= 0.3 is 0 Å². The van der Waals surface area contributed by atoms with Crippen LogP contribution in [0.3, 0.4) is 0 Å². The normalized spacial score (nSPS) is 12.2. The summed E-state index contributed by atoms with van der Waals surface area (Å²) in [6.07, 6.45) is 0. The zero-order valence-electron chi connectivity index (χ0n) is 11.6. The van der Waals surface area contributed by atoms with Gasteiger partial charge in [-0.05, 0) is 43.3 Å². The van der Waals surface area contributed by atoms with Crippen LogP contribution in [0.25, 0.3) is 0 Å². The highest BCUT2D eigenvalue weighted by molar-refractivity contribution is 7.90. The van der Waals surface area contributed by atoms with Gasteiger partial charge in [-0.1, -0.05) is 17.7 Å². The minimum atomic E-state index is -3.88. The van der Waals surface area contributed by atoms with E-state index >= 15 is 0 Å². The Morgan fingerprint density at radius 3 is 2.14 bits per heavy atom. The molecule has 0 atom stereocenters. The number of ether oxygens (including phenoxy) is 1. The van der Waals surface area contributed by atoms with E-state index < -0.39 is 15.8 Å². The lowest BCUT2D eigenvalue weighted by Gasteiger charge is -2.06. The van der Waals surface area contributed by atoms with Crippen molar-refractivity contribution in [2.45, 2.75) is 11.8 Å². The number of hydrogen-bond acceptors (Lipinski definition) is 3. The molecule has 0 saturated carbocycles. The van der Waals surface area contributed by atoms with E-state index in [-0.39, 0.29) is 10.8 Å². The van der Waals surface area contributed by atoms with Crippen molar-refractivity contribution in [1.29, 1.82) is 0 Å². The average Bonchev–Trinajstić information content (AvgIpc) is 2.46. The van der Waals surface area contributed by atoms with Gasteiger partial charge in [0.15, 0.2) is 0 Å². The van der Waals surface area contributed by atoms with Gasteiger partial charge in [-0.3, -0.25) is 0 Å². The zero-order chi connectivity index (χ0) is 15.5. The highest BCUT2D eigenvalue weighted by atomic mass is 32.2. The topological polar surface area (TPSA) is 55.7 Å². The molecule has 2 aromatic rings. The Balaban J connectivity index is 2.43. The maximum absolute atomic E-state index is 12.9. The molecular formula is C15H14FNO3S. The van der Waals surface area contributed by atoms with Gasteiger partial charge in [0.25, 0.3) is 10.0 Å². The van der Waals surface area contributed by atoms with Crippen LogP contribution in [0.15, 0.2) is 57.8 Å². The number of halogens is 1. The molecule has 2 rings (SSSR count). The molecule has 6 heteroatoms. The molecule has 21 heavy (non-hydrogen) atoms. The third-order valence-electron chi connectivity index (χ3n) is 2.81. The molecule has 2 aromatic carbocycles. The van der Waals surface area contributed by atoms with Crippen molar-refractivity contribution in [3.8, 4) is 0 Å². The largest absolute Gasteiger partial charge is 0.480 e. The Morgan fingerprint density at radius 1 is 1.05 bits per heavy atom. The van der Waals surface area contributed by atoms with Gasteiger partial charge in [-0.25, -0.2) is 4.39 Å². The van der Waals surface area contributed by atoms with Crippen molar-refractivity contribution in [3.63, 3.8) is 0 Å². The van der Waals surface area contributed by atoms with Gasteiger partial charge in [0, 0.05) is 5.56 Å². The molecule has 0 radical (unpaired) electrons. The van der Waals surface area contributed by atoms with Crippen LogP contribution in [0.1, 0.15) is 11.1 Å². The fraction of sp³-hybridized carbons (Fsp3) is 0.133. The summed E-state index contributed by atoms with van der Waals surface area (Å²) in [5, 5.41) is 0. The number of nitrogens with zero attached hydrogens (tertiary/aromatic N) is 1. The SMILES string of the molecule is CO/C(=N\S(=O)(=O)c1ccc(C)cc1)c1ccc(F)cc1. The van der Waals surface area contributed by atoms with Crippen molar-refractivity contribution in [3.05, 3.63) is 65.5 Å². The second-order valence-corrected chi connectivity index (χ2v) is 6.00. The molecule has 0 amide bonds. The van der Waals surface area contributed by atoms with Crippen LogP contribution in [-0.4, -0.2) is 21.4 Å². The first-order valence-corrected chi connectivity index (χ1v) is 7.58. The van der Waals surface area contributed by atoms with Crippen molar-refractivity contribution in [2.24, 2.45) is 4.40 Å². The minimum absolute atomic E-state index is 0.0739. The molecule has 4 nitrogen and oxygen atoms in total. The smallest absolute Gasteiger partial charge is 0.285 e. The van der Waals surface area contributed by atoms with Gasteiger partial charge < -0.3 is 4.74 Å². The number of hydrogen-bond donors (Lipinski definition) is 0. The number of benzene rings is 2. The van der Waals surface area contributed by atoms with E-state index in [0.717, 1.165) is 5.56 Å². The standard InChI is InChI=1S/C15H14FNO3S/c1-11-3-9-14(10-4-11)21(18,19)17-15(20-2)12-5-7-13(16)8-6-12/h3-10H,1-2H3/b17-15-. The van der Waals surface area contributed by atoms with Crippen LogP contribution in [0, 0.1) is 12.7 Å². The van der Waals surface area contributed by atoms with Crippen molar-refractivity contribution < 1.29 is 17.5 Å². The Kier molecular flexibility index (Phi) is 4.37. The summed E-state index contributed by atoms with van der Waals surface area (Å²) in [7, 11) is -2.57. The van der Waals surface area contributed by atoms with Gasteiger partial charge in [0.05, 0.1) is 12.0 Å². The first-order valence-electron chi connectivity index (χ1n) is 6.14. The number of rotatable bonds is 3. The second kappa shape index (κ2) is 6.05. The summed E-state index contributed by atoms with van der Waals surface area (Å²) >= 11 is 0. The Hall–Kier alpha value is -2.21. The molecular weight excluding hydrogens is 293 g/mol. The summed E-state index contributed by atoms with van der Waals surface area (Å²) in [4.78, 5) is 0.0739. The summed E-state index contributed by atoms with van der Waals surface area (Å²) in [6, 6.07) is 11.6. The molecule has 0 aliphatic rings. The second-order valence-electron chi connectivity index (χ2n) is 4.40. The molecule has 0 unspecified atom stereocenters. The van der Waals surface area contributed by atoms with Crippen molar-refractivity contribution >= 4 is 15.9 Å². The first-order chi connectivity index (χ1) is 9.92. The van der Waals surface area contributed by atoms with Gasteiger partial charge in [0.1, 0.15) is 5.82 Å². The quantitative estimate of drug-likeness (QED) is 0.647. The minimum Gasteiger partial charge on any atom is -0.480 e. The van der Waals surface area contributed by atoms with Gasteiger partial charge in [-0.15, -0.1) is 4.40 Å². The molecule has 0 heterocycles. The average molecular weight is 307 g/mol. The van der Waals surface area contributed by atoms with Crippen LogP contribution in [-0.2, 0) is 14.8 Å². The fourth-order valence-corrected chi connectivity index (χ4v) is 2.66.